The van der Waals surface area contributed by atoms with Crippen molar-refractivity contribution in [2.24, 2.45) is 0 Å². The second kappa shape index (κ2) is 15.3. The molecule has 6 nitrogen and oxygen atoms in total. The topological polar surface area (TPSA) is 82.1 Å². The van der Waals surface area contributed by atoms with Crippen molar-refractivity contribution < 1.29 is 28.9 Å². The predicted molar refractivity (Wildman–Crippen MR) is 97.8 cm³/mol. The van der Waals surface area contributed by atoms with Crippen molar-refractivity contribution in [3.63, 3.8) is 0 Å². The van der Waals surface area contributed by atoms with Crippen LogP contribution in [0.1, 0.15) is 50.5 Å². The molecular weight excluding hydrogens is 336 g/mol. The van der Waals surface area contributed by atoms with E-state index in [9.17, 15) is 9.59 Å². The summed E-state index contributed by atoms with van der Waals surface area (Å²) in [6.45, 7) is 1.16. The Balaban J connectivity index is 1.80. The summed E-state index contributed by atoms with van der Waals surface area (Å²) in [7, 11) is 0. The van der Waals surface area contributed by atoms with E-state index in [4.69, 9.17) is 19.3 Å². The van der Waals surface area contributed by atoms with Gasteiger partial charge >= 0.3 is 11.9 Å². The van der Waals surface area contributed by atoms with Gasteiger partial charge in [0.2, 0.25) is 0 Å². The third-order valence-corrected chi connectivity index (χ3v) is 3.77. The lowest BCUT2D eigenvalue weighted by molar-refractivity contribution is -0.150. The van der Waals surface area contributed by atoms with Crippen LogP contribution in [0.15, 0.2) is 30.3 Å². The molecular formula is C20H30O6. The lowest BCUT2D eigenvalue weighted by Crippen LogP contribution is -2.13. The summed E-state index contributed by atoms with van der Waals surface area (Å²) in [6, 6.07) is 9.57. The first-order chi connectivity index (χ1) is 12.7. The molecule has 6 heteroatoms. The molecule has 1 rings (SSSR count). The minimum absolute atomic E-state index is 0.00315. The number of esters is 1. The second-order valence-corrected chi connectivity index (χ2v) is 6.12. The van der Waals surface area contributed by atoms with Gasteiger partial charge in [-0.15, -0.1) is 0 Å². The molecule has 0 saturated heterocycles. The molecule has 1 aromatic rings. The second-order valence-electron chi connectivity index (χ2n) is 6.12. The maximum absolute atomic E-state index is 11.5. The molecule has 0 amide bonds. The van der Waals surface area contributed by atoms with Gasteiger partial charge in [-0.1, -0.05) is 62.4 Å². The van der Waals surface area contributed by atoms with Crippen molar-refractivity contribution in [2.75, 3.05) is 26.4 Å². The molecule has 0 atom stereocenters. The van der Waals surface area contributed by atoms with E-state index in [0.29, 0.717) is 13.2 Å². The summed E-state index contributed by atoms with van der Waals surface area (Å²) < 4.78 is 15.4. The minimum atomic E-state index is -0.920. The van der Waals surface area contributed by atoms with Crippen molar-refractivity contribution in [1.82, 2.24) is 0 Å². The minimum Gasteiger partial charge on any atom is -0.480 e. The highest BCUT2D eigenvalue weighted by atomic mass is 16.6. The summed E-state index contributed by atoms with van der Waals surface area (Å²) >= 11 is 0. The molecule has 1 N–H and O–H groups in total. The summed E-state index contributed by atoms with van der Waals surface area (Å²) in [6.07, 6.45) is 7.39. The van der Waals surface area contributed by atoms with Crippen LogP contribution in [-0.2, 0) is 30.4 Å². The van der Waals surface area contributed by atoms with Gasteiger partial charge in [0, 0.05) is 13.2 Å². The van der Waals surface area contributed by atoms with Crippen LogP contribution in [0.25, 0.3) is 0 Å². The zero-order valence-electron chi connectivity index (χ0n) is 15.4. The maximum Gasteiger partial charge on any atom is 0.332 e. The Morgan fingerprint density at radius 2 is 1.31 bits per heavy atom. The zero-order valence-corrected chi connectivity index (χ0v) is 15.4. The molecule has 0 fully saturated rings. The van der Waals surface area contributed by atoms with Crippen molar-refractivity contribution in [3.05, 3.63) is 35.9 Å². The van der Waals surface area contributed by atoms with Gasteiger partial charge in [0.05, 0.1) is 0 Å². The quantitative estimate of drug-likeness (QED) is 0.356. The van der Waals surface area contributed by atoms with E-state index in [1.165, 1.54) is 0 Å². The fourth-order valence-electron chi connectivity index (χ4n) is 2.39. The first kappa shape index (κ1) is 22.1. The molecule has 0 bridgehead atoms. The average molecular weight is 366 g/mol. The van der Waals surface area contributed by atoms with Crippen LogP contribution in [0.5, 0.6) is 0 Å². The SMILES string of the molecule is O=C(O)COCCCCCCCCCOCC(=O)OCc1ccccc1. The molecule has 0 radical (unpaired) electrons. The highest BCUT2D eigenvalue weighted by molar-refractivity contribution is 5.70. The van der Waals surface area contributed by atoms with Crippen LogP contribution in [0.4, 0.5) is 0 Å². The van der Waals surface area contributed by atoms with Gasteiger partial charge in [0.25, 0.3) is 0 Å². The molecule has 0 aromatic heterocycles. The van der Waals surface area contributed by atoms with Crippen LogP contribution in [0.3, 0.4) is 0 Å². The average Bonchev–Trinajstić information content (AvgIpc) is 2.64. The van der Waals surface area contributed by atoms with E-state index in [1.54, 1.807) is 0 Å². The molecule has 0 heterocycles. The lowest BCUT2D eigenvalue weighted by atomic mass is 10.1. The van der Waals surface area contributed by atoms with E-state index in [2.05, 4.69) is 0 Å². The number of rotatable bonds is 16. The van der Waals surface area contributed by atoms with Crippen molar-refractivity contribution >= 4 is 11.9 Å². The number of hydrogen-bond donors (Lipinski definition) is 1. The molecule has 26 heavy (non-hydrogen) atoms. The Morgan fingerprint density at radius 3 is 1.88 bits per heavy atom. The molecule has 0 aliphatic heterocycles. The number of carbonyl (C=O) groups excluding carboxylic acids is 1. The molecule has 1 aromatic carbocycles. The number of unbranched alkanes of at least 4 members (excludes halogenated alkanes) is 6. The number of hydrogen-bond acceptors (Lipinski definition) is 5. The van der Waals surface area contributed by atoms with Gasteiger partial charge in [-0.05, 0) is 18.4 Å². The number of carboxylic acid groups (broad SMARTS) is 1. The molecule has 146 valence electrons. The first-order valence-electron chi connectivity index (χ1n) is 9.25. The fourth-order valence-corrected chi connectivity index (χ4v) is 2.39. The van der Waals surface area contributed by atoms with E-state index in [1.807, 2.05) is 30.3 Å². The largest absolute Gasteiger partial charge is 0.480 e. The smallest absolute Gasteiger partial charge is 0.332 e. The Kier molecular flexibility index (Phi) is 13.1. The highest BCUT2D eigenvalue weighted by Crippen LogP contribution is 2.07. The van der Waals surface area contributed by atoms with Crippen molar-refractivity contribution in [2.45, 2.75) is 51.6 Å². The molecule has 0 unspecified atom stereocenters. The third kappa shape index (κ3) is 13.4. The Hall–Kier alpha value is -1.92. The molecule has 0 saturated carbocycles. The van der Waals surface area contributed by atoms with E-state index in [-0.39, 0.29) is 25.8 Å². The van der Waals surface area contributed by atoms with E-state index >= 15 is 0 Å². The predicted octanol–water partition coefficient (Wildman–Crippen LogP) is 3.58. The Morgan fingerprint density at radius 1 is 0.769 bits per heavy atom. The highest BCUT2D eigenvalue weighted by Gasteiger charge is 2.03. The Labute approximate surface area is 155 Å². The molecule has 0 spiro atoms. The monoisotopic (exact) mass is 366 g/mol. The van der Waals surface area contributed by atoms with Gasteiger partial charge in [-0.2, -0.15) is 0 Å². The summed E-state index contributed by atoms with van der Waals surface area (Å²) in [5.74, 6) is -1.25. The summed E-state index contributed by atoms with van der Waals surface area (Å²) in [5.41, 5.74) is 0.967. The fraction of sp³-hybridized carbons (Fsp3) is 0.600. The van der Waals surface area contributed by atoms with Crippen molar-refractivity contribution in [3.8, 4) is 0 Å². The molecule has 0 aliphatic rings. The summed E-state index contributed by atoms with van der Waals surface area (Å²) in [5, 5.41) is 8.42. The van der Waals surface area contributed by atoms with Gasteiger partial charge in [-0.3, -0.25) is 0 Å². The van der Waals surface area contributed by atoms with Gasteiger partial charge in [-0.25, -0.2) is 9.59 Å². The van der Waals surface area contributed by atoms with Crippen LogP contribution in [-0.4, -0.2) is 43.5 Å². The molecule has 0 aliphatic carbocycles. The van der Waals surface area contributed by atoms with E-state index in [0.717, 1.165) is 50.5 Å². The standard InChI is InChI=1S/C20H30O6/c21-19(22)16-24-13-9-4-2-1-3-5-10-14-25-17-20(23)26-15-18-11-7-6-8-12-18/h6-8,11-12H,1-5,9-10,13-17H2,(H,21,22). The summed E-state index contributed by atoms with van der Waals surface area (Å²) in [4.78, 5) is 21.8. The normalized spacial score (nSPS) is 10.6. The van der Waals surface area contributed by atoms with Gasteiger partial charge in [0.1, 0.15) is 19.8 Å². The first-order valence-corrected chi connectivity index (χ1v) is 9.25. The van der Waals surface area contributed by atoms with Crippen LogP contribution in [0.2, 0.25) is 0 Å². The van der Waals surface area contributed by atoms with Gasteiger partial charge in [0.15, 0.2) is 0 Å². The van der Waals surface area contributed by atoms with Crippen LogP contribution in [0, 0.1) is 0 Å². The number of aliphatic carboxylic acids is 1. The van der Waals surface area contributed by atoms with Crippen LogP contribution >= 0.6 is 0 Å². The third-order valence-electron chi connectivity index (χ3n) is 3.77. The van der Waals surface area contributed by atoms with Gasteiger partial charge < -0.3 is 19.3 Å². The van der Waals surface area contributed by atoms with Crippen molar-refractivity contribution in [1.29, 1.82) is 0 Å². The number of carboxylic acids is 1. The zero-order chi connectivity index (χ0) is 18.9. The Bertz CT molecular complexity index is 488. The van der Waals surface area contributed by atoms with E-state index < -0.39 is 5.97 Å². The number of carbonyl (C=O) groups is 2. The maximum atomic E-state index is 11.5. The van der Waals surface area contributed by atoms with Crippen LogP contribution < -0.4 is 0 Å². The lowest BCUT2D eigenvalue weighted by Gasteiger charge is -2.06. The number of benzene rings is 1. The number of ether oxygens (including phenoxy) is 3.